The summed E-state index contributed by atoms with van der Waals surface area (Å²) < 4.78 is 6.74. The molecule has 1 saturated heterocycles. The van der Waals surface area contributed by atoms with Gasteiger partial charge in [0, 0.05) is 40.2 Å². The van der Waals surface area contributed by atoms with Crippen LogP contribution >= 0.6 is 15.9 Å². The number of rotatable bonds is 5. The number of fused-ring (bicyclic) bond motifs is 1. The molecule has 0 aliphatic carbocycles. The van der Waals surface area contributed by atoms with E-state index < -0.39 is 0 Å². The lowest BCUT2D eigenvalue weighted by Crippen LogP contribution is -2.46. The number of carbonyl (C=O) groups excluding carboxylic acids is 2. The maximum atomic E-state index is 12.8. The number of anilines is 1. The SMILES string of the molecule is Cc1c(C(=O)NC2CCN(CC(=O)Nc3ccccc3)CC2)oc2ccc(Br)cc12. The molecule has 7 heteroatoms. The molecular weight excluding hydrogens is 446 g/mol. The first-order valence-electron chi connectivity index (χ1n) is 10.1. The first-order chi connectivity index (χ1) is 14.5. The topological polar surface area (TPSA) is 74.6 Å². The first-order valence-corrected chi connectivity index (χ1v) is 10.9. The van der Waals surface area contributed by atoms with Gasteiger partial charge in [0.1, 0.15) is 5.58 Å². The molecule has 2 amide bonds. The highest BCUT2D eigenvalue weighted by molar-refractivity contribution is 9.10. The molecule has 1 aliphatic heterocycles. The van der Waals surface area contributed by atoms with Crippen LogP contribution in [-0.2, 0) is 4.79 Å². The summed E-state index contributed by atoms with van der Waals surface area (Å²) in [5.74, 6) is 0.167. The highest BCUT2D eigenvalue weighted by Gasteiger charge is 2.25. The van der Waals surface area contributed by atoms with Crippen molar-refractivity contribution in [1.82, 2.24) is 10.2 Å². The maximum absolute atomic E-state index is 12.8. The van der Waals surface area contributed by atoms with Gasteiger partial charge in [0.15, 0.2) is 5.76 Å². The zero-order valence-corrected chi connectivity index (χ0v) is 18.4. The molecule has 2 N–H and O–H groups in total. The zero-order chi connectivity index (χ0) is 21.1. The van der Waals surface area contributed by atoms with E-state index in [2.05, 4.69) is 31.5 Å². The van der Waals surface area contributed by atoms with Crippen molar-refractivity contribution >= 4 is 44.4 Å². The van der Waals surface area contributed by atoms with E-state index in [1.165, 1.54) is 0 Å². The number of hydrogen-bond donors (Lipinski definition) is 2. The lowest BCUT2D eigenvalue weighted by atomic mass is 10.0. The third kappa shape index (κ3) is 4.74. The number of aryl methyl sites for hydroxylation is 1. The van der Waals surface area contributed by atoms with Crippen molar-refractivity contribution in [3.8, 4) is 0 Å². The second kappa shape index (κ2) is 9.02. The number of carbonyl (C=O) groups is 2. The summed E-state index contributed by atoms with van der Waals surface area (Å²) in [7, 11) is 0. The van der Waals surface area contributed by atoms with Crippen molar-refractivity contribution in [1.29, 1.82) is 0 Å². The average molecular weight is 470 g/mol. The van der Waals surface area contributed by atoms with E-state index in [0.717, 1.165) is 47.0 Å². The average Bonchev–Trinajstić information content (AvgIpc) is 3.06. The lowest BCUT2D eigenvalue weighted by molar-refractivity contribution is -0.117. The number of likely N-dealkylation sites (tertiary alicyclic amines) is 1. The van der Waals surface area contributed by atoms with E-state index in [0.29, 0.717) is 17.9 Å². The Labute approximate surface area is 183 Å². The van der Waals surface area contributed by atoms with Crippen LogP contribution in [0.1, 0.15) is 29.0 Å². The standard InChI is InChI=1S/C23H24BrN3O3/c1-15-19-13-16(24)7-8-20(19)30-22(15)23(29)26-18-9-11-27(12-10-18)14-21(28)25-17-5-3-2-4-6-17/h2-8,13,18H,9-12,14H2,1H3,(H,25,28)(H,26,29). The molecule has 3 aromatic rings. The van der Waals surface area contributed by atoms with Crippen LogP contribution in [0, 0.1) is 6.92 Å². The number of piperidine rings is 1. The summed E-state index contributed by atoms with van der Waals surface area (Å²) in [6.07, 6.45) is 1.60. The van der Waals surface area contributed by atoms with Gasteiger partial charge in [-0.05, 0) is 50.1 Å². The number of para-hydroxylation sites is 1. The van der Waals surface area contributed by atoms with Crippen LogP contribution in [0.4, 0.5) is 5.69 Å². The molecule has 6 nitrogen and oxygen atoms in total. The predicted molar refractivity (Wildman–Crippen MR) is 121 cm³/mol. The Morgan fingerprint density at radius 1 is 1.13 bits per heavy atom. The van der Waals surface area contributed by atoms with Gasteiger partial charge >= 0.3 is 0 Å². The molecule has 156 valence electrons. The van der Waals surface area contributed by atoms with Crippen molar-refractivity contribution in [3.05, 3.63) is 64.3 Å². The maximum Gasteiger partial charge on any atom is 0.287 e. The summed E-state index contributed by atoms with van der Waals surface area (Å²) in [6.45, 7) is 3.78. The van der Waals surface area contributed by atoms with Gasteiger partial charge in [-0.2, -0.15) is 0 Å². The fourth-order valence-electron chi connectivity index (χ4n) is 3.82. The predicted octanol–water partition coefficient (Wildman–Crippen LogP) is 4.34. The Hall–Kier alpha value is -2.64. The molecule has 30 heavy (non-hydrogen) atoms. The summed E-state index contributed by atoms with van der Waals surface area (Å²) >= 11 is 3.46. The minimum absolute atomic E-state index is 0.0206. The molecule has 0 unspecified atom stereocenters. The van der Waals surface area contributed by atoms with Gasteiger partial charge < -0.3 is 15.1 Å². The Balaban J connectivity index is 1.29. The third-order valence-electron chi connectivity index (χ3n) is 5.45. The van der Waals surface area contributed by atoms with E-state index in [4.69, 9.17) is 4.42 Å². The molecule has 0 bridgehead atoms. The van der Waals surface area contributed by atoms with Crippen LogP contribution in [0.3, 0.4) is 0 Å². The van der Waals surface area contributed by atoms with Gasteiger partial charge in [0.2, 0.25) is 5.91 Å². The Morgan fingerprint density at radius 3 is 2.60 bits per heavy atom. The van der Waals surface area contributed by atoms with Crippen LogP contribution in [0.25, 0.3) is 11.0 Å². The van der Waals surface area contributed by atoms with Gasteiger partial charge in [0.25, 0.3) is 5.91 Å². The van der Waals surface area contributed by atoms with Crippen LogP contribution in [0.5, 0.6) is 0 Å². The number of halogens is 1. The van der Waals surface area contributed by atoms with Gasteiger partial charge in [-0.3, -0.25) is 14.5 Å². The quantitative estimate of drug-likeness (QED) is 0.582. The number of hydrogen-bond acceptors (Lipinski definition) is 4. The molecule has 2 heterocycles. The van der Waals surface area contributed by atoms with E-state index in [1.807, 2.05) is 55.5 Å². The van der Waals surface area contributed by atoms with E-state index >= 15 is 0 Å². The molecular formula is C23H24BrN3O3. The molecule has 1 aliphatic rings. The molecule has 0 atom stereocenters. The van der Waals surface area contributed by atoms with Crippen molar-refractivity contribution in [3.63, 3.8) is 0 Å². The monoisotopic (exact) mass is 469 g/mol. The molecule has 0 radical (unpaired) electrons. The molecule has 2 aromatic carbocycles. The smallest absolute Gasteiger partial charge is 0.287 e. The van der Waals surface area contributed by atoms with E-state index in [9.17, 15) is 9.59 Å². The highest BCUT2D eigenvalue weighted by atomic mass is 79.9. The Morgan fingerprint density at radius 2 is 1.87 bits per heavy atom. The number of benzene rings is 2. The third-order valence-corrected chi connectivity index (χ3v) is 5.95. The van der Waals surface area contributed by atoms with Crippen molar-refractivity contribution in [2.24, 2.45) is 0 Å². The fourth-order valence-corrected chi connectivity index (χ4v) is 4.18. The largest absolute Gasteiger partial charge is 0.451 e. The number of amides is 2. The van der Waals surface area contributed by atoms with Gasteiger partial charge in [0.05, 0.1) is 6.54 Å². The summed E-state index contributed by atoms with van der Waals surface area (Å²) in [5, 5.41) is 6.94. The minimum atomic E-state index is -0.180. The van der Waals surface area contributed by atoms with Gasteiger partial charge in [-0.15, -0.1) is 0 Å². The number of furan rings is 1. The number of nitrogens with one attached hydrogen (secondary N) is 2. The Bertz CT molecular complexity index is 1060. The van der Waals surface area contributed by atoms with Gasteiger partial charge in [-0.1, -0.05) is 34.1 Å². The second-order valence-electron chi connectivity index (χ2n) is 7.63. The second-order valence-corrected chi connectivity index (χ2v) is 8.55. The first kappa shape index (κ1) is 20.6. The fraction of sp³-hybridized carbons (Fsp3) is 0.304. The van der Waals surface area contributed by atoms with Crippen LogP contribution in [-0.4, -0.2) is 42.4 Å². The Kier molecular flexibility index (Phi) is 6.20. The zero-order valence-electron chi connectivity index (χ0n) is 16.8. The van der Waals surface area contributed by atoms with Crippen LogP contribution < -0.4 is 10.6 Å². The van der Waals surface area contributed by atoms with Crippen LogP contribution in [0.15, 0.2) is 57.4 Å². The van der Waals surface area contributed by atoms with Crippen molar-refractivity contribution in [2.75, 3.05) is 25.0 Å². The molecule has 0 spiro atoms. The molecule has 0 saturated carbocycles. The summed E-state index contributed by atoms with van der Waals surface area (Å²) in [6, 6.07) is 15.3. The minimum Gasteiger partial charge on any atom is -0.451 e. The summed E-state index contributed by atoms with van der Waals surface area (Å²) in [5.41, 5.74) is 2.36. The summed E-state index contributed by atoms with van der Waals surface area (Å²) in [4.78, 5) is 27.1. The number of nitrogens with zero attached hydrogens (tertiary/aromatic N) is 1. The van der Waals surface area contributed by atoms with Gasteiger partial charge in [-0.25, -0.2) is 0 Å². The molecule has 1 aromatic heterocycles. The lowest BCUT2D eigenvalue weighted by Gasteiger charge is -2.31. The molecule has 1 fully saturated rings. The molecule has 4 rings (SSSR count). The van der Waals surface area contributed by atoms with E-state index in [-0.39, 0.29) is 17.9 Å². The highest BCUT2D eigenvalue weighted by Crippen LogP contribution is 2.28. The normalized spacial score (nSPS) is 15.3. The van der Waals surface area contributed by atoms with Crippen LogP contribution in [0.2, 0.25) is 0 Å². The van der Waals surface area contributed by atoms with E-state index in [1.54, 1.807) is 0 Å². The van der Waals surface area contributed by atoms with Crippen molar-refractivity contribution < 1.29 is 14.0 Å². The van der Waals surface area contributed by atoms with Crippen molar-refractivity contribution in [2.45, 2.75) is 25.8 Å².